The summed E-state index contributed by atoms with van der Waals surface area (Å²) in [5.74, 6) is 0.127. The van der Waals surface area contributed by atoms with E-state index in [0.717, 1.165) is 25.8 Å². The first kappa shape index (κ1) is 19.2. The van der Waals surface area contributed by atoms with Crippen LogP contribution in [0, 0.1) is 5.41 Å². The van der Waals surface area contributed by atoms with Crippen LogP contribution in [0.3, 0.4) is 0 Å². The fraction of sp³-hybridized carbons (Fsp3) is 0.875. The van der Waals surface area contributed by atoms with Gasteiger partial charge < -0.3 is 15.5 Å². The van der Waals surface area contributed by atoms with Gasteiger partial charge in [0.2, 0.25) is 11.8 Å². The molecule has 0 saturated carbocycles. The number of halogens is 1. The summed E-state index contributed by atoms with van der Waals surface area (Å²) < 4.78 is 0. The number of nitrogens with one attached hydrogen (secondary N) is 2. The van der Waals surface area contributed by atoms with Crippen molar-refractivity contribution in [3.05, 3.63) is 0 Å². The molecule has 2 N–H and O–H groups in total. The highest BCUT2D eigenvalue weighted by Crippen LogP contribution is 2.24. The molecule has 2 unspecified atom stereocenters. The van der Waals surface area contributed by atoms with E-state index in [1.54, 1.807) is 4.90 Å². The van der Waals surface area contributed by atoms with Crippen LogP contribution in [0.25, 0.3) is 0 Å². The molecule has 2 amide bonds. The number of likely N-dealkylation sites (tertiary alicyclic amines) is 1. The van der Waals surface area contributed by atoms with Gasteiger partial charge in [0.25, 0.3) is 0 Å². The molecule has 2 fully saturated rings. The van der Waals surface area contributed by atoms with Gasteiger partial charge in [0, 0.05) is 25.6 Å². The molecule has 6 heteroatoms. The van der Waals surface area contributed by atoms with Crippen molar-refractivity contribution in [3.63, 3.8) is 0 Å². The summed E-state index contributed by atoms with van der Waals surface area (Å²) >= 11 is 0. The van der Waals surface area contributed by atoms with Crippen molar-refractivity contribution in [1.82, 2.24) is 15.5 Å². The Morgan fingerprint density at radius 3 is 2.55 bits per heavy atom. The van der Waals surface area contributed by atoms with Crippen LogP contribution in [0.1, 0.15) is 52.9 Å². The topological polar surface area (TPSA) is 61.4 Å². The Balaban J connectivity index is 0.00000242. The van der Waals surface area contributed by atoms with E-state index in [9.17, 15) is 9.59 Å². The maximum Gasteiger partial charge on any atom is 0.242 e. The van der Waals surface area contributed by atoms with Crippen LogP contribution < -0.4 is 10.6 Å². The van der Waals surface area contributed by atoms with Gasteiger partial charge in [-0.15, -0.1) is 12.4 Å². The van der Waals surface area contributed by atoms with Crippen LogP contribution in [0.2, 0.25) is 0 Å². The molecule has 22 heavy (non-hydrogen) atoms. The summed E-state index contributed by atoms with van der Waals surface area (Å²) in [6.45, 7) is 8.61. The molecule has 5 nitrogen and oxygen atoms in total. The molecule has 2 aliphatic rings. The second-order valence-electron chi connectivity index (χ2n) is 7.52. The molecule has 2 heterocycles. The number of carbonyl (C=O) groups excluding carboxylic acids is 2. The van der Waals surface area contributed by atoms with Crippen molar-refractivity contribution >= 4 is 24.2 Å². The van der Waals surface area contributed by atoms with Crippen LogP contribution in [-0.2, 0) is 9.59 Å². The second kappa shape index (κ2) is 8.16. The molecule has 0 aromatic carbocycles. The number of rotatable bonds is 4. The van der Waals surface area contributed by atoms with Gasteiger partial charge in [-0.05, 0) is 37.6 Å². The maximum atomic E-state index is 12.4. The Hall–Kier alpha value is -0.810. The van der Waals surface area contributed by atoms with E-state index < -0.39 is 0 Å². The zero-order chi connectivity index (χ0) is 15.5. The van der Waals surface area contributed by atoms with E-state index in [1.807, 2.05) is 0 Å². The molecular weight excluding hydrogens is 302 g/mol. The minimum atomic E-state index is -0.263. The van der Waals surface area contributed by atoms with E-state index >= 15 is 0 Å². The fourth-order valence-corrected chi connectivity index (χ4v) is 3.17. The maximum absolute atomic E-state index is 12.4. The molecular formula is C16H30ClN3O2. The summed E-state index contributed by atoms with van der Waals surface area (Å²) in [6, 6.07) is 0.135. The minimum Gasteiger partial charge on any atom is -0.353 e. The molecule has 0 aromatic rings. The summed E-state index contributed by atoms with van der Waals surface area (Å²) in [6.07, 6.45) is 4.52. The first-order valence-corrected chi connectivity index (χ1v) is 8.17. The van der Waals surface area contributed by atoms with Crippen molar-refractivity contribution in [2.45, 2.75) is 65.0 Å². The van der Waals surface area contributed by atoms with E-state index in [0.29, 0.717) is 25.6 Å². The standard InChI is InChI=1S/C16H29N3O2.ClH/c1-16(2,3)10-14(20)19-9-5-7-13(19)15(21)18-11-12-6-4-8-17-12;/h12-13,17H,4-11H2,1-3H3,(H,18,21);1H. The lowest BCUT2D eigenvalue weighted by atomic mass is 9.91. The lowest BCUT2D eigenvalue weighted by Gasteiger charge is -2.27. The third-order valence-corrected chi connectivity index (χ3v) is 4.24. The number of amides is 2. The lowest BCUT2D eigenvalue weighted by molar-refractivity contribution is -0.139. The average molecular weight is 332 g/mol. The van der Waals surface area contributed by atoms with Gasteiger partial charge in [0.05, 0.1) is 0 Å². The fourth-order valence-electron chi connectivity index (χ4n) is 3.17. The summed E-state index contributed by atoms with van der Waals surface area (Å²) in [5.41, 5.74) is -0.0333. The Morgan fingerprint density at radius 1 is 1.23 bits per heavy atom. The smallest absolute Gasteiger partial charge is 0.242 e. The Labute approximate surface area is 140 Å². The molecule has 0 aliphatic carbocycles. The Bertz CT molecular complexity index is 389. The van der Waals surface area contributed by atoms with E-state index in [-0.39, 0.29) is 35.7 Å². The predicted octanol–water partition coefficient (Wildman–Crippen LogP) is 1.70. The van der Waals surface area contributed by atoms with Crippen molar-refractivity contribution < 1.29 is 9.59 Å². The molecule has 2 atom stereocenters. The van der Waals surface area contributed by atoms with Gasteiger partial charge in [-0.25, -0.2) is 0 Å². The average Bonchev–Trinajstić information content (AvgIpc) is 3.05. The van der Waals surface area contributed by atoms with Crippen LogP contribution >= 0.6 is 12.4 Å². The largest absolute Gasteiger partial charge is 0.353 e. The van der Waals surface area contributed by atoms with Gasteiger partial charge >= 0.3 is 0 Å². The third kappa shape index (κ3) is 5.43. The second-order valence-corrected chi connectivity index (χ2v) is 7.52. The van der Waals surface area contributed by atoms with Gasteiger partial charge in [-0.2, -0.15) is 0 Å². The van der Waals surface area contributed by atoms with Crippen molar-refractivity contribution in [3.8, 4) is 0 Å². The van der Waals surface area contributed by atoms with E-state index in [1.165, 1.54) is 6.42 Å². The molecule has 0 bridgehead atoms. The van der Waals surface area contributed by atoms with Crippen LogP contribution in [0.4, 0.5) is 0 Å². The molecule has 0 radical (unpaired) electrons. The summed E-state index contributed by atoms with van der Waals surface area (Å²) in [4.78, 5) is 26.5. The zero-order valence-electron chi connectivity index (χ0n) is 14.0. The van der Waals surface area contributed by atoms with Gasteiger partial charge in [-0.1, -0.05) is 20.8 Å². The van der Waals surface area contributed by atoms with Crippen molar-refractivity contribution in [2.24, 2.45) is 5.41 Å². The first-order valence-electron chi connectivity index (χ1n) is 8.17. The summed E-state index contributed by atoms with van der Waals surface area (Å²) in [5, 5.41) is 6.39. The van der Waals surface area contributed by atoms with Crippen molar-refractivity contribution in [1.29, 1.82) is 0 Å². The normalized spacial score (nSPS) is 25.0. The molecule has 128 valence electrons. The Morgan fingerprint density at radius 2 is 1.95 bits per heavy atom. The van der Waals surface area contributed by atoms with Gasteiger partial charge in [0.15, 0.2) is 0 Å². The number of carbonyl (C=O) groups is 2. The van der Waals surface area contributed by atoms with Gasteiger partial charge in [-0.3, -0.25) is 9.59 Å². The van der Waals surface area contributed by atoms with Crippen LogP contribution in [-0.4, -0.2) is 48.4 Å². The molecule has 2 rings (SSSR count). The van der Waals surface area contributed by atoms with Crippen LogP contribution in [0.5, 0.6) is 0 Å². The lowest BCUT2D eigenvalue weighted by Crippen LogP contribution is -2.49. The van der Waals surface area contributed by atoms with Crippen molar-refractivity contribution in [2.75, 3.05) is 19.6 Å². The minimum absolute atomic E-state index is 0. The number of hydrogen-bond donors (Lipinski definition) is 2. The third-order valence-electron chi connectivity index (χ3n) is 4.24. The SMILES string of the molecule is CC(C)(C)CC(=O)N1CCCC1C(=O)NCC1CCCN1.Cl. The Kier molecular flexibility index (Phi) is 7.13. The summed E-state index contributed by atoms with van der Waals surface area (Å²) in [7, 11) is 0. The number of hydrogen-bond acceptors (Lipinski definition) is 3. The monoisotopic (exact) mass is 331 g/mol. The molecule has 2 saturated heterocycles. The molecule has 2 aliphatic heterocycles. The zero-order valence-corrected chi connectivity index (χ0v) is 14.8. The predicted molar refractivity (Wildman–Crippen MR) is 90.1 cm³/mol. The first-order chi connectivity index (χ1) is 9.87. The molecule has 0 aromatic heterocycles. The van der Waals surface area contributed by atoms with E-state index in [4.69, 9.17) is 0 Å². The highest BCUT2D eigenvalue weighted by molar-refractivity contribution is 5.88. The van der Waals surface area contributed by atoms with Gasteiger partial charge in [0.1, 0.15) is 6.04 Å². The van der Waals surface area contributed by atoms with E-state index in [2.05, 4.69) is 31.4 Å². The highest BCUT2D eigenvalue weighted by Gasteiger charge is 2.35. The quantitative estimate of drug-likeness (QED) is 0.824. The molecule has 0 spiro atoms. The number of nitrogens with zero attached hydrogens (tertiary/aromatic N) is 1. The van der Waals surface area contributed by atoms with Crippen LogP contribution in [0.15, 0.2) is 0 Å². The highest BCUT2D eigenvalue weighted by atomic mass is 35.5.